The van der Waals surface area contributed by atoms with Gasteiger partial charge < -0.3 is 0 Å². The highest BCUT2D eigenvalue weighted by atomic mass is 14.7. The summed E-state index contributed by atoms with van der Waals surface area (Å²) in [5, 5.41) is 25.4. The third-order valence-electron chi connectivity index (χ3n) is 1.56. The van der Waals surface area contributed by atoms with Crippen LogP contribution in [0.15, 0.2) is 40.4 Å². The molecule has 0 aromatic rings. The smallest absolute Gasteiger partial charge is 0.192 e. The Bertz CT molecular complexity index is 450. The Hall–Kier alpha value is -2.64. The number of hydrogen-bond donors (Lipinski definition) is 0. The van der Waals surface area contributed by atoms with Gasteiger partial charge in [-0.05, 0) is 12.2 Å². The summed E-state index contributed by atoms with van der Waals surface area (Å²) in [7, 11) is 0. The van der Waals surface area contributed by atoms with Crippen LogP contribution in [0.3, 0.4) is 0 Å². The molecule has 0 fully saturated rings. The van der Waals surface area contributed by atoms with Crippen LogP contribution in [0.4, 0.5) is 0 Å². The van der Waals surface area contributed by atoms with E-state index < -0.39 is 0 Å². The van der Waals surface area contributed by atoms with Crippen LogP contribution in [-0.4, -0.2) is 5.71 Å². The maximum absolute atomic E-state index is 8.57. The van der Waals surface area contributed by atoms with Crippen LogP contribution < -0.4 is 0 Å². The highest BCUT2D eigenvalue weighted by Gasteiger charge is 2.03. The van der Waals surface area contributed by atoms with Crippen LogP contribution in [0.25, 0.3) is 0 Å². The lowest BCUT2D eigenvalue weighted by molar-refractivity contribution is 1.42. The van der Waals surface area contributed by atoms with Crippen LogP contribution in [0.1, 0.15) is 0 Å². The second-order valence-corrected chi connectivity index (χ2v) is 2.36. The van der Waals surface area contributed by atoms with E-state index in [0.717, 1.165) is 0 Å². The van der Waals surface area contributed by atoms with Gasteiger partial charge in [0.15, 0.2) is 0 Å². The normalized spacial score (nSPS) is 12.6. The van der Waals surface area contributed by atoms with E-state index >= 15 is 0 Å². The van der Waals surface area contributed by atoms with Crippen molar-refractivity contribution < 1.29 is 0 Å². The minimum atomic E-state index is 0.0495. The van der Waals surface area contributed by atoms with Gasteiger partial charge in [0.25, 0.3) is 0 Å². The number of allylic oxidation sites excluding steroid dienone is 6. The lowest BCUT2D eigenvalue weighted by Gasteiger charge is -1.99. The molecule has 64 valence electrons. The van der Waals surface area contributed by atoms with E-state index in [1.54, 1.807) is 42.6 Å². The van der Waals surface area contributed by atoms with E-state index in [1.165, 1.54) is 0 Å². The van der Waals surface area contributed by atoms with Crippen molar-refractivity contribution in [2.75, 3.05) is 0 Å². The summed E-state index contributed by atoms with van der Waals surface area (Å²) in [4.78, 5) is 3.49. The Balaban J connectivity index is 3.05. The molecule has 1 aliphatic carbocycles. The van der Waals surface area contributed by atoms with Crippen molar-refractivity contribution in [3.05, 3.63) is 35.5 Å². The number of hydrogen-bond acceptors (Lipinski definition) is 4. The zero-order valence-electron chi connectivity index (χ0n) is 7.10. The minimum absolute atomic E-state index is 0.0495. The third kappa shape index (κ3) is 1.94. The minimum Gasteiger partial charge on any atom is -0.192 e. The third-order valence-corrected chi connectivity index (χ3v) is 1.56. The summed E-state index contributed by atoms with van der Waals surface area (Å²) in [6.07, 6.45) is 7.96. The number of nitriles is 3. The van der Waals surface area contributed by atoms with Crippen molar-refractivity contribution in [2.45, 2.75) is 0 Å². The topological polar surface area (TPSA) is 83.7 Å². The monoisotopic (exact) mass is 180 g/mol. The molecular weight excluding hydrogens is 176 g/mol. The summed E-state index contributed by atoms with van der Waals surface area (Å²) < 4.78 is 0. The first-order valence-corrected chi connectivity index (χ1v) is 3.69. The van der Waals surface area contributed by atoms with Crippen molar-refractivity contribution >= 4 is 5.71 Å². The van der Waals surface area contributed by atoms with E-state index in [9.17, 15) is 0 Å². The maximum Gasteiger partial charge on any atom is 0.206 e. The highest BCUT2D eigenvalue weighted by molar-refractivity contribution is 6.06. The Labute approximate surface area is 81.0 Å². The average Bonchev–Trinajstić information content (AvgIpc) is 2.23. The molecule has 1 rings (SSSR count). The first-order chi connectivity index (χ1) is 6.81. The molecule has 0 unspecified atom stereocenters. The van der Waals surface area contributed by atoms with E-state index in [2.05, 4.69) is 4.99 Å². The fraction of sp³-hybridized carbons (Fsp3) is 0. The standard InChI is InChI=1S/C10H4N4/c11-5-9(6-12)8-1-3-10(4-2-8)14-7-13/h1-4H. The van der Waals surface area contributed by atoms with Gasteiger partial charge in [0.05, 0.1) is 5.71 Å². The Morgan fingerprint density at radius 3 is 2.00 bits per heavy atom. The van der Waals surface area contributed by atoms with E-state index in [-0.39, 0.29) is 5.57 Å². The van der Waals surface area contributed by atoms with Gasteiger partial charge in [-0.25, -0.2) is 0 Å². The predicted octanol–water partition coefficient (Wildman–Crippen LogP) is 1.38. The molecule has 0 saturated carbocycles. The zero-order valence-corrected chi connectivity index (χ0v) is 7.10. The van der Waals surface area contributed by atoms with Crippen molar-refractivity contribution in [2.24, 2.45) is 4.99 Å². The molecule has 0 aromatic heterocycles. The van der Waals surface area contributed by atoms with Gasteiger partial charge in [-0.15, -0.1) is 0 Å². The first kappa shape index (κ1) is 9.45. The molecule has 0 aromatic carbocycles. The average molecular weight is 180 g/mol. The van der Waals surface area contributed by atoms with Gasteiger partial charge in [-0.1, -0.05) is 12.2 Å². The Kier molecular flexibility index (Phi) is 2.97. The van der Waals surface area contributed by atoms with Gasteiger partial charge in [0.2, 0.25) is 6.19 Å². The molecule has 0 atom stereocenters. The molecule has 4 heteroatoms. The Morgan fingerprint density at radius 1 is 1.00 bits per heavy atom. The van der Waals surface area contributed by atoms with Crippen LogP contribution in [-0.2, 0) is 0 Å². The number of nitrogens with zero attached hydrogens (tertiary/aromatic N) is 4. The van der Waals surface area contributed by atoms with Gasteiger partial charge >= 0.3 is 0 Å². The van der Waals surface area contributed by atoms with Gasteiger partial charge in [0, 0.05) is 5.57 Å². The SMILES string of the molecule is N#CN=C1C=CC(=C(C#N)C#N)C=C1. The largest absolute Gasteiger partial charge is 0.206 e. The quantitative estimate of drug-likeness (QED) is 0.417. The fourth-order valence-electron chi connectivity index (χ4n) is 0.914. The predicted molar refractivity (Wildman–Crippen MR) is 49.6 cm³/mol. The summed E-state index contributed by atoms with van der Waals surface area (Å²) in [6.45, 7) is 0. The van der Waals surface area contributed by atoms with E-state index in [1.807, 2.05) is 0 Å². The summed E-state index contributed by atoms with van der Waals surface area (Å²) >= 11 is 0. The summed E-state index contributed by atoms with van der Waals surface area (Å²) in [5.74, 6) is 0. The molecule has 0 N–H and O–H groups in total. The van der Waals surface area contributed by atoms with Gasteiger partial charge in [0.1, 0.15) is 17.7 Å². The molecule has 0 aliphatic heterocycles. The first-order valence-electron chi connectivity index (χ1n) is 3.69. The molecule has 1 aliphatic rings. The molecule has 0 bridgehead atoms. The van der Waals surface area contributed by atoms with Crippen LogP contribution >= 0.6 is 0 Å². The van der Waals surface area contributed by atoms with Crippen LogP contribution in [0.5, 0.6) is 0 Å². The van der Waals surface area contributed by atoms with E-state index in [4.69, 9.17) is 15.8 Å². The molecule has 0 amide bonds. The lowest BCUT2D eigenvalue weighted by Crippen LogP contribution is -1.94. The van der Waals surface area contributed by atoms with Crippen molar-refractivity contribution in [1.29, 1.82) is 15.8 Å². The molecule has 0 spiro atoms. The highest BCUT2D eigenvalue weighted by Crippen LogP contribution is 2.11. The summed E-state index contributed by atoms with van der Waals surface area (Å²) in [6, 6.07) is 3.56. The van der Waals surface area contributed by atoms with Crippen LogP contribution in [0, 0.1) is 34.1 Å². The van der Waals surface area contributed by atoms with Crippen molar-refractivity contribution in [3.8, 4) is 18.3 Å². The summed E-state index contributed by atoms with van der Waals surface area (Å²) in [5.41, 5.74) is 1.09. The number of rotatable bonds is 0. The van der Waals surface area contributed by atoms with Gasteiger partial charge in [-0.3, -0.25) is 0 Å². The second-order valence-electron chi connectivity index (χ2n) is 2.36. The van der Waals surface area contributed by atoms with Crippen LogP contribution in [0.2, 0.25) is 0 Å². The molecule has 0 radical (unpaired) electrons. The molecule has 14 heavy (non-hydrogen) atoms. The van der Waals surface area contributed by atoms with Gasteiger partial charge in [-0.2, -0.15) is 20.8 Å². The maximum atomic E-state index is 8.57. The molecular formula is C10H4N4. The molecule has 0 heterocycles. The zero-order chi connectivity index (χ0) is 10.4. The van der Waals surface area contributed by atoms with Crippen molar-refractivity contribution in [1.82, 2.24) is 0 Å². The molecule has 4 nitrogen and oxygen atoms in total. The Morgan fingerprint density at radius 2 is 1.57 bits per heavy atom. The lowest BCUT2D eigenvalue weighted by atomic mass is 10.0. The molecule has 0 saturated heterocycles. The second kappa shape index (κ2) is 4.40. The fourth-order valence-corrected chi connectivity index (χ4v) is 0.914. The number of aliphatic imine (C=N–C) groups is 1. The van der Waals surface area contributed by atoms with Crippen molar-refractivity contribution in [3.63, 3.8) is 0 Å². The van der Waals surface area contributed by atoms with E-state index in [0.29, 0.717) is 11.3 Å².